The maximum Gasteiger partial charge on any atom is 0.322 e. The Balaban J connectivity index is 3.24. The van der Waals surface area contributed by atoms with Crippen molar-refractivity contribution in [2.45, 2.75) is 88.4 Å². The minimum Gasteiger partial charge on any atom is -0.508 e. The number of phenols is 1. The van der Waals surface area contributed by atoms with E-state index >= 15 is 0 Å². The Kier molecular flexibility index (Phi) is 20.8. The van der Waals surface area contributed by atoms with E-state index in [-0.39, 0.29) is 38.0 Å². The minimum absolute atomic E-state index is 0.00547. The zero-order valence-corrected chi connectivity index (χ0v) is 27.4. The van der Waals surface area contributed by atoms with Gasteiger partial charge in [0, 0.05) is 6.42 Å². The van der Waals surface area contributed by atoms with Crippen molar-refractivity contribution in [3.8, 4) is 5.75 Å². The number of nitrogens with one attached hydrogen (secondary N) is 5. The van der Waals surface area contributed by atoms with Crippen molar-refractivity contribution in [2.75, 3.05) is 32.7 Å². The van der Waals surface area contributed by atoms with Crippen molar-refractivity contribution in [3.63, 3.8) is 0 Å². The fourth-order valence-corrected chi connectivity index (χ4v) is 4.72. The highest BCUT2D eigenvalue weighted by Crippen LogP contribution is 2.13. The molecule has 0 aliphatic heterocycles. The number of hydrogen-bond acceptors (Lipinski definition) is 11. The molecule has 15 N–H and O–H groups in total. The molecule has 270 valence electrons. The van der Waals surface area contributed by atoms with Gasteiger partial charge in [0.1, 0.15) is 36.5 Å². The van der Waals surface area contributed by atoms with Crippen molar-refractivity contribution < 1.29 is 39.0 Å². The van der Waals surface area contributed by atoms with E-state index in [0.29, 0.717) is 63.7 Å². The van der Waals surface area contributed by atoms with Gasteiger partial charge in [0.15, 0.2) is 0 Å². The number of aliphatic carboxylic acids is 1. The maximum absolute atomic E-state index is 13.6. The molecule has 5 amide bonds. The summed E-state index contributed by atoms with van der Waals surface area (Å²) in [5, 5.41) is 31.5. The number of phenolic OH excluding ortho intramolecular Hbond substituents is 1. The Hall–Kier alpha value is -4.32. The quantitative estimate of drug-likeness (QED) is 0.0475. The second-order valence-corrected chi connectivity index (χ2v) is 11.3. The Morgan fingerprint density at radius 2 is 1.00 bits per heavy atom. The van der Waals surface area contributed by atoms with Crippen LogP contribution in [0.3, 0.4) is 0 Å². The molecule has 0 aromatic heterocycles. The van der Waals surface area contributed by atoms with E-state index < -0.39 is 66.2 Å². The zero-order chi connectivity index (χ0) is 35.9. The Morgan fingerprint density at radius 3 is 1.40 bits per heavy atom. The number of rotatable bonds is 25. The molecule has 1 aromatic rings. The van der Waals surface area contributed by atoms with Crippen molar-refractivity contribution >= 4 is 35.5 Å². The molecule has 0 aliphatic rings. The number of amides is 5. The van der Waals surface area contributed by atoms with Crippen LogP contribution in [0.2, 0.25) is 0 Å². The SMILES string of the molecule is NCCCCC(NC(=O)CN)C(=O)NC(CCCCN)C(=O)NC(CCCCN)C(=O)NC(Cc1ccc(O)cc1)C(=O)NCC(=O)O. The fourth-order valence-electron chi connectivity index (χ4n) is 4.72. The van der Waals surface area contributed by atoms with E-state index in [1.165, 1.54) is 12.1 Å². The lowest BCUT2D eigenvalue weighted by molar-refractivity contribution is -0.138. The summed E-state index contributed by atoms with van der Waals surface area (Å²) in [6, 6.07) is 1.48. The van der Waals surface area contributed by atoms with Crippen molar-refractivity contribution in [1.29, 1.82) is 0 Å². The molecule has 0 saturated carbocycles. The number of hydrogen-bond donors (Lipinski definition) is 11. The number of carboxylic acids is 1. The Morgan fingerprint density at radius 1 is 0.583 bits per heavy atom. The molecule has 4 unspecified atom stereocenters. The summed E-state index contributed by atoms with van der Waals surface area (Å²) >= 11 is 0. The normalized spacial score (nSPS) is 13.3. The maximum atomic E-state index is 13.6. The molecule has 0 radical (unpaired) electrons. The fraction of sp³-hybridized carbons (Fsp3) is 0.613. The zero-order valence-electron chi connectivity index (χ0n) is 27.4. The average Bonchev–Trinajstić information content (AvgIpc) is 3.06. The number of unbranched alkanes of at least 4 members (excludes halogenated alkanes) is 3. The molecule has 0 fully saturated rings. The van der Waals surface area contributed by atoms with Gasteiger partial charge in [-0.15, -0.1) is 0 Å². The molecule has 48 heavy (non-hydrogen) atoms. The van der Waals surface area contributed by atoms with E-state index in [1.807, 2.05) is 0 Å². The molecule has 0 heterocycles. The van der Waals surface area contributed by atoms with Gasteiger partial charge in [-0.3, -0.25) is 28.8 Å². The average molecular weight is 680 g/mol. The highest BCUT2D eigenvalue weighted by atomic mass is 16.4. The van der Waals surface area contributed by atoms with Crippen LogP contribution in [0.15, 0.2) is 24.3 Å². The first-order valence-corrected chi connectivity index (χ1v) is 16.2. The molecule has 1 aromatic carbocycles. The summed E-state index contributed by atoms with van der Waals surface area (Å²) in [5.74, 6) is -4.57. The van der Waals surface area contributed by atoms with Crippen molar-refractivity contribution in [2.24, 2.45) is 22.9 Å². The number of aromatic hydroxyl groups is 1. The number of carboxylic acid groups (broad SMARTS) is 1. The van der Waals surface area contributed by atoms with Gasteiger partial charge >= 0.3 is 5.97 Å². The molecule has 17 nitrogen and oxygen atoms in total. The van der Waals surface area contributed by atoms with Gasteiger partial charge in [-0.25, -0.2) is 0 Å². The lowest BCUT2D eigenvalue weighted by Gasteiger charge is -2.27. The third-order valence-electron chi connectivity index (χ3n) is 7.37. The third-order valence-corrected chi connectivity index (χ3v) is 7.37. The standard InChI is InChI=1S/C31H53N9O8/c32-14-4-1-7-22(37-26(42)18-35)29(46)38-23(8-2-5-15-33)30(47)39-24(9-3-6-16-34)31(48)40-25(28(45)36-19-27(43)44)17-20-10-12-21(41)13-11-20/h10-13,22-25,41H,1-9,14-19,32-35H2,(H,36,45)(H,37,42)(H,38,46)(H,39,47)(H,40,48)(H,43,44). The second-order valence-electron chi connectivity index (χ2n) is 11.3. The summed E-state index contributed by atoms with van der Waals surface area (Å²) in [5.41, 5.74) is 22.9. The first-order valence-electron chi connectivity index (χ1n) is 16.2. The molecule has 1 rings (SSSR count). The molecular formula is C31H53N9O8. The largest absolute Gasteiger partial charge is 0.508 e. The number of carbonyl (C=O) groups excluding carboxylic acids is 5. The molecule has 17 heteroatoms. The number of carbonyl (C=O) groups is 6. The highest BCUT2D eigenvalue weighted by molar-refractivity contribution is 5.96. The molecule has 4 atom stereocenters. The van der Waals surface area contributed by atoms with Crippen LogP contribution in [-0.4, -0.2) is 103 Å². The van der Waals surface area contributed by atoms with Crippen LogP contribution in [0, 0.1) is 0 Å². The van der Waals surface area contributed by atoms with Crippen LogP contribution in [-0.2, 0) is 35.2 Å². The van der Waals surface area contributed by atoms with E-state index in [1.54, 1.807) is 12.1 Å². The topological polar surface area (TPSA) is 307 Å². The van der Waals surface area contributed by atoms with E-state index in [9.17, 15) is 33.9 Å². The van der Waals surface area contributed by atoms with Gasteiger partial charge in [-0.05, 0) is 95.1 Å². The number of benzene rings is 1. The predicted molar refractivity (Wildman–Crippen MR) is 178 cm³/mol. The van der Waals surface area contributed by atoms with E-state index in [2.05, 4.69) is 26.6 Å². The van der Waals surface area contributed by atoms with Crippen LogP contribution in [0.25, 0.3) is 0 Å². The predicted octanol–water partition coefficient (Wildman–Crippen LogP) is -2.58. The van der Waals surface area contributed by atoms with Gasteiger partial charge < -0.3 is 59.7 Å². The third kappa shape index (κ3) is 17.0. The summed E-state index contributed by atoms with van der Waals surface area (Å²) in [6.07, 6.45) is 3.74. The minimum atomic E-state index is -1.28. The van der Waals surface area contributed by atoms with Gasteiger partial charge in [0.05, 0.1) is 6.54 Å². The summed E-state index contributed by atoms with van der Waals surface area (Å²) in [6.45, 7) is 0.0749. The molecular weight excluding hydrogens is 626 g/mol. The summed E-state index contributed by atoms with van der Waals surface area (Å²) in [4.78, 5) is 76.6. The van der Waals surface area contributed by atoms with Crippen LogP contribution < -0.4 is 49.5 Å². The van der Waals surface area contributed by atoms with Crippen LogP contribution in [0.1, 0.15) is 63.4 Å². The van der Waals surface area contributed by atoms with Crippen LogP contribution >= 0.6 is 0 Å². The molecule has 0 saturated heterocycles. The second kappa shape index (κ2) is 23.9. The highest BCUT2D eigenvalue weighted by Gasteiger charge is 2.31. The first kappa shape index (κ1) is 41.7. The summed E-state index contributed by atoms with van der Waals surface area (Å²) in [7, 11) is 0. The van der Waals surface area contributed by atoms with E-state index in [4.69, 9.17) is 28.0 Å². The van der Waals surface area contributed by atoms with Gasteiger partial charge in [0.25, 0.3) is 0 Å². The first-order chi connectivity index (χ1) is 22.9. The van der Waals surface area contributed by atoms with E-state index in [0.717, 1.165) is 0 Å². The molecule has 0 aliphatic carbocycles. The van der Waals surface area contributed by atoms with Gasteiger partial charge in [-0.1, -0.05) is 12.1 Å². The lowest BCUT2D eigenvalue weighted by Crippen LogP contribution is -2.58. The Bertz CT molecular complexity index is 1170. The van der Waals surface area contributed by atoms with Crippen LogP contribution in [0.5, 0.6) is 5.75 Å². The van der Waals surface area contributed by atoms with Gasteiger partial charge in [0.2, 0.25) is 29.5 Å². The number of nitrogens with two attached hydrogens (primary N) is 4. The lowest BCUT2D eigenvalue weighted by atomic mass is 10.0. The van der Waals surface area contributed by atoms with Gasteiger partial charge in [-0.2, -0.15) is 0 Å². The van der Waals surface area contributed by atoms with Crippen molar-refractivity contribution in [3.05, 3.63) is 29.8 Å². The molecule has 0 spiro atoms. The van der Waals surface area contributed by atoms with Crippen LogP contribution in [0.4, 0.5) is 0 Å². The van der Waals surface area contributed by atoms with Crippen molar-refractivity contribution in [1.82, 2.24) is 26.6 Å². The summed E-state index contributed by atoms with van der Waals surface area (Å²) < 4.78 is 0. The monoisotopic (exact) mass is 679 g/mol. The molecule has 0 bridgehead atoms. The Labute approximate surface area is 280 Å². The smallest absolute Gasteiger partial charge is 0.322 e.